The number of fused-ring (bicyclic) bond motifs is 1. The molecule has 3 aromatic rings. The van der Waals surface area contributed by atoms with Crippen LogP contribution in [0.4, 0.5) is 5.82 Å². The fourth-order valence-corrected chi connectivity index (χ4v) is 3.41. The molecule has 134 valence electrons. The molecule has 7 heteroatoms. The first kappa shape index (κ1) is 17.2. The van der Waals surface area contributed by atoms with E-state index in [0.29, 0.717) is 6.54 Å². The summed E-state index contributed by atoms with van der Waals surface area (Å²) in [6.45, 7) is 5.77. The standard InChI is InChI=1S/C19H20BrN5O/c1-14-3-2-4-15(9-14)11-21-12-16-10-18(24-5-7-26-8-6-24)25-19(23-16)17(20)13-22-25/h2-4,9-11,13H,5-8,12H2,1H3. The molecule has 0 saturated carbocycles. The van der Waals surface area contributed by atoms with Crippen LogP contribution >= 0.6 is 15.9 Å². The fraction of sp³-hybridized carbons (Fsp3) is 0.316. The molecule has 1 aromatic carbocycles. The zero-order valence-corrected chi connectivity index (χ0v) is 16.2. The van der Waals surface area contributed by atoms with Crippen LogP contribution < -0.4 is 4.90 Å². The molecule has 0 amide bonds. The second-order valence-corrected chi connectivity index (χ2v) is 7.17. The molecule has 6 nitrogen and oxygen atoms in total. The Balaban J connectivity index is 1.63. The van der Waals surface area contributed by atoms with Crippen LogP contribution in [0.1, 0.15) is 16.8 Å². The van der Waals surface area contributed by atoms with Crippen molar-refractivity contribution in [2.45, 2.75) is 13.5 Å². The molecule has 0 spiro atoms. The van der Waals surface area contributed by atoms with E-state index < -0.39 is 0 Å². The van der Waals surface area contributed by atoms with Gasteiger partial charge < -0.3 is 9.64 Å². The van der Waals surface area contributed by atoms with E-state index in [9.17, 15) is 0 Å². The Kier molecular flexibility index (Phi) is 4.99. The number of ether oxygens (including phenoxy) is 1. The summed E-state index contributed by atoms with van der Waals surface area (Å²) < 4.78 is 8.24. The van der Waals surface area contributed by atoms with Crippen molar-refractivity contribution in [2.75, 3.05) is 31.2 Å². The molecule has 0 bridgehead atoms. The van der Waals surface area contributed by atoms with Gasteiger partial charge in [-0.1, -0.05) is 29.8 Å². The lowest BCUT2D eigenvalue weighted by molar-refractivity contribution is 0.122. The Morgan fingerprint density at radius 1 is 1.27 bits per heavy atom. The minimum Gasteiger partial charge on any atom is -0.378 e. The number of anilines is 1. The minimum atomic E-state index is 0.527. The van der Waals surface area contributed by atoms with Gasteiger partial charge in [-0.3, -0.25) is 4.99 Å². The Morgan fingerprint density at radius 2 is 2.12 bits per heavy atom. The molecule has 2 aromatic heterocycles. The summed E-state index contributed by atoms with van der Waals surface area (Å²) in [5, 5.41) is 4.46. The minimum absolute atomic E-state index is 0.527. The van der Waals surface area contributed by atoms with Crippen molar-refractivity contribution in [1.82, 2.24) is 14.6 Å². The Labute approximate surface area is 160 Å². The second kappa shape index (κ2) is 7.55. The SMILES string of the molecule is Cc1cccc(C=NCc2cc(N3CCOCC3)n3ncc(Br)c3n2)c1. The number of halogens is 1. The molecule has 0 unspecified atom stereocenters. The monoisotopic (exact) mass is 413 g/mol. The smallest absolute Gasteiger partial charge is 0.171 e. The van der Waals surface area contributed by atoms with E-state index >= 15 is 0 Å². The fourth-order valence-electron chi connectivity index (χ4n) is 3.06. The Morgan fingerprint density at radius 3 is 2.92 bits per heavy atom. The largest absolute Gasteiger partial charge is 0.378 e. The number of aliphatic imine (C=N–C) groups is 1. The molecule has 3 heterocycles. The number of hydrogen-bond donors (Lipinski definition) is 0. The predicted octanol–water partition coefficient (Wildman–Crippen LogP) is 3.26. The molecular formula is C19H20BrN5O. The Hall–Kier alpha value is -2.25. The van der Waals surface area contributed by atoms with Gasteiger partial charge >= 0.3 is 0 Å². The highest BCUT2D eigenvalue weighted by molar-refractivity contribution is 9.10. The molecule has 0 radical (unpaired) electrons. The lowest BCUT2D eigenvalue weighted by Gasteiger charge is -2.29. The maximum atomic E-state index is 5.47. The third-order valence-electron chi connectivity index (χ3n) is 4.33. The van der Waals surface area contributed by atoms with Gasteiger partial charge in [0.25, 0.3) is 0 Å². The van der Waals surface area contributed by atoms with Crippen molar-refractivity contribution < 1.29 is 4.74 Å². The highest BCUT2D eigenvalue weighted by Crippen LogP contribution is 2.24. The number of morpholine rings is 1. The zero-order chi connectivity index (χ0) is 17.9. The topological polar surface area (TPSA) is 55.0 Å². The van der Waals surface area contributed by atoms with Crippen molar-refractivity contribution >= 4 is 33.6 Å². The normalized spacial score (nSPS) is 15.2. The van der Waals surface area contributed by atoms with Gasteiger partial charge in [0.2, 0.25) is 0 Å². The molecule has 1 saturated heterocycles. The quantitative estimate of drug-likeness (QED) is 0.615. The maximum Gasteiger partial charge on any atom is 0.171 e. The predicted molar refractivity (Wildman–Crippen MR) is 106 cm³/mol. The molecule has 0 N–H and O–H groups in total. The first-order valence-electron chi connectivity index (χ1n) is 8.63. The van der Waals surface area contributed by atoms with Crippen molar-refractivity contribution in [3.8, 4) is 0 Å². The number of benzene rings is 1. The molecule has 1 aliphatic heterocycles. The van der Waals surface area contributed by atoms with E-state index in [0.717, 1.165) is 53.5 Å². The highest BCUT2D eigenvalue weighted by atomic mass is 79.9. The van der Waals surface area contributed by atoms with Gasteiger partial charge in [-0.2, -0.15) is 9.61 Å². The average molecular weight is 414 g/mol. The van der Waals surface area contributed by atoms with Crippen LogP contribution in [0.2, 0.25) is 0 Å². The molecule has 1 fully saturated rings. The van der Waals surface area contributed by atoms with E-state index in [4.69, 9.17) is 9.72 Å². The zero-order valence-electron chi connectivity index (χ0n) is 14.6. The summed E-state index contributed by atoms with van der Waals surface area (Å²) in [5.74, 6) is 1.03. The molecule has 26 heavy (non-hydrogen) atoms. The molecular weight excluding hydrogens is 394 g/mol. The van der Waals surface area contributed by atoms with Crippen LogP contribution in [-0.4, -0.2) is 47.1 Å². The van der Waals surface area contributed by atoms with Gasteiger partial charge in [-0.05, 0) is 28.4 Å². The summed E-state index contributed by atoms with van der Waals surface area (Å²) in [7, 11) is 0. The van der Waals surface area contributed by atoms with E-state index in [1.165, 1.54) is 5.56 Å². The summed E-state index contributed by atoms with van der Waals surface area (Å²) in [4.78, 5) is 11.6. The summed E-state index contributed by atoms with van der Waals surface area (Å²) >= 11 is 3.54. The van der Waals surface area contributed by atoms with Crippen LogP contribution in [0, 0.1) is 6.92 Å². The third-order valence-corrected chi connectivity index (χ3v) is 4.89. The van der Waals surface area contributed by atoms with Gasteiger partial charge in [-0.25, -0.2) is 4.98 Å². The van der Waals surface area contributed by atoms with E-state index in [1.807, 2.05) is 16.8 Å². The number of aromatic nitrogens is 3. The Bertz CT molecular complexity index is 946. The lowest BCUT2D eigenvalue weighted by Crippen LogP contribution is -2.37. The number of nitrogens with zero attached hydrogens (tertiary/aromatic N) is 5. The molecule has 0 atom stereocenters. The summed E-state index contributed by atoms with van der Waals surface area (Å²) in [6.07, 6.45) is 3.69. The average Bonchev–Trinajstić information content (AvgIpc) is 3.03. The third kappa shape index (κ3) is 3.64. The summed E-state index contributed by atoms with van der Waals surface area (Å²) in [6, 6.07) is 10.4. The van der Waals surface area contributed by atoms with Crippen LogP contribution in [0.15, 0.2) is 46.0 Å². The second-order valence-electron chi connectivity index (χ2n) is 6.32. The lowest BCUT2D eigenvalue weighted by atomic mass is 10.1. The summed E-state index contributed by atoms with van der Waals surface area (Å²) in [5.41, 5.74) is 4.06. The van der Waals surface area contributed by atoms with Gasteiger partial charge in [0.1, 0.15) is 5.82 Å². The van der Waals surface area contributed by atoms with Crippen molar-refractivity contribution in [1.29, 1.82) is 0 Å². The van der Waals surface area contributed by atoms with Crippen LogP contribution in [0.3, 0.4) is 0 Å². The maximum absolute atomic E-state index is 5.47. The molecule has 1 aliphatic rings. The first-order valence-corrected chi connectivity index (χ1v) is 9.42. The van der Waals surface area contributed by atoms with E-state index in [1.54, 1.807) is 6.20 Å². The van der Waals surface area contributed by atoms with Crippen molar-refractivity contribution in [3.63, 3.8) is 0 Å². The van der Waals surface area contributed by atoms with Gasteiger partial charge in [0.05, 0.1) is 36.1 Å². The van der Waals surface area contributed by atoms with Crippen molar-refractivity contribution in [2.24, 2.45) is 4.99 Å². The van der Waals surface area contributed by atoms with E-state index in [2.05, 4.69) is 62.1 Å². The van der Waals surface area contributed by atoms with Gasteiger partial charge in [0.15, 0.2) is 5.65 Å². The number of aryl methyl sites for hydroxylation is 1. The van der Waals surface area contributed by atoms with E-state index in [-0.39, 0.29) is 0 Å². The van der Waals surface area contributed by atoms with Gasteiger partial charge in [0, 0.05) is 25.4 Å². The van der Waals surface area contributed by atoms with Crippen molar-refractivity contribution in [3.05, 3.63) is 57.8 Å². The van der Waals surface area contributed by atoms with Gasteiger partial charge in [-0.15, -0.1) is 0 Å². The van der Waals surface area contributed by atoms with Crippen LogP contribution in [0.25, 0.3) is 5.65 Å². The first-order chi connectivity index (χ1) is 12.7. The molecule has 0 aliphatic carbocycles. The molecule has 4 rings (SSSR count). The van der Waals surface area contributed by atoms with Crippen LogP contribution in [-0.2, 0) is 11.3 Å². The number of hydrogen-bond acceptors (Lipinski definition) is 5. The number of rotatable bonds is 4. The van der Waals surface area contributed by atoms with Crippen LogP contribution in [0.5, 0.6) is 0 Å². The highest BCUT2D eigenvalue weighted by Gasteiger charge is 2.17.